The van der Waals surface area contributed by atoms with Gasteiger partial charge in [-0.2, -0.15) is 0 Å². The highest BCUT2D eigenvalue weighted by Crippen LogP contribution is 2.20. The summed E-state index contributed by atoms with van der Waals surface area (Å²) in [6, 6.07) is 0. The van der Waals surface area contributed by atoms with Gasteiger partial charge in [-0.3, -0.25) is 0 Å². The molecule has 17 heavy (non-hydrogen) atoms. The van der Waals surface area contributed by atoms with Crippen LogP contribution in [-0.2, 0) is 0 Å². The lowest BCUT2D eigenvalue weighted by atomic mass is 9.88. The maximum absolute atomic E-state index is 6.28. The summed E-state index contributed by atoms with van der Waals surface area (Å²) in [7, 11) is 0. The van der Waals surface area contributed by atoms with Crippen LogP contribution in [0.5, 0.6) is 0 Å². The van der Waals surface area contributed by atoms with E-state index < -0.39 is 5.66 Å². The second-order valence-corrected chi connectivity index (χ2v) is 6.65. The monoisotopic (exact) mass is 243 g/mol. The van der Waals surface area contributed by atoms with E-state index in [2.05, 4.69) is 20.8 Å². The Morgan fingerprint density at radius 1 is 0.824 bits per heavy atom. The van der Waals surface area contributed by atoms with Crippen molar-refractivity contribution in [3.8, 4) is 0 Å². The third kappa shape index (κ3) is 12.1. The van der Waals surface area contributed by atoms with E-state index in [1.165, 1.54) is 19.3 Å². The first kappa shape index (κ1) is 16.9. The molecule has 0 fully saturated rings. The van der Waals surface area contributed by atoms with Gasteiger partial charge in [0.25, 0.3) is 0 Å². The van der Waals surface area contributed by atoms with Gasteiger partial charge in [-0.05, 0) is 45.4 Å². The Kier molecular flexibility index (Phi) is 7.29. The average Bonchev–Trinajstić information content (AvgIpc) is 2.09. The summed E-state index contributed by atoms with van der Waals surface area (Å²) in [6.07, 6.45) is 7.79. The predicted octanol–water partition coefficient (Wildman–Crippen LogP) is 2.72. The van der Waals surface area contributed by atoms with Gasteiger partial charge in [-0.1, -0.05) is 33.1 Å². The molecule has 1 unspecified atom stereocenters. The molecule has 0 aromatic rings. The van der Waals surface area contributed by atoms with Gasteiger partial charge in [-0.15, -0.1) is 0 Å². The highest BCUT2D eigenvalue weighted by Gasteiger charge is 2.19. The highest BCUT2D eigenvalue weighted by atomic mass is 14.9. The van der Waals surface area contributed by atoms with Gasteiger partial charge in [0.15, 0.2) is 0 Å². The van der Waals surface area contributed by atoms with E-state index in [1.807, 2.05) is 6.92 Å². The van der Waals surface area contributed by atoms with E-state index in [0.717, 1.165) is 31.6 Å². The van der Waals surface area contributed by atoms with Crippen LogP contribution in [0, 0.1) is 5.92 Å². The van der Waals surface area contributed by atoms with Crippen molar-refractivity contribution in [3.63, 3.8) is 0 Å². The van der Waals surface area contributed by atoms with Gasteiger partial charge in [0.05, 0.1) is 5.66 Å². The Hall–Kier alpha value is -0.120. The van der Waals surface area contributed by atoms with Crippen molar-refractivity contribution in [1.29, 1.82) is 0 Å². The average molecular weight is 243 g/mol. The summed E-state index contributed by atoms with van der Waals surface area (Å²) < 4.78 is 0. The first-order valence-electron chi connectivity index (χ1n) is 6.99. The van der Waals surface area contributed by atoms with Crippen molar-refractivity contribution in [2.45, 2.75) is 83.8 Å². The van der Waals surface area contributed by atoms with E-state index in [-0.39, 0.29) is 5.54 Å². The SMILES string of the molecule is CC(C)CCCCC(C)(N)CCCC(C)(N)N. The van der Waals surface area contributed by atoms with Crippen LogP contribution in [0.4, 0.5) is 0 Å². The van der Waals surface area contributed by atoms with Crippen molar-refractivity contribution in [2.75, 3.05) is 0 Å². The Morgan fingerprint density at radius 2 is 1.35 bits per heavy atom. The van der Waals surface area contributed by atoms with Gasteiger partial charge in [0, 0.05) is 5.54 Å². The summed E-state index contributed by atoms with van der Waals surface area (Å²) in [5.41, 5.74) is 17.2. The zero-order valence-electron chi connectivity index (χ0n) is 12.3. The molecule has 0 heterocycles. The Bertz CT molecular complexity index is 192. The largest absolute Gasteiger partial charge is 0.325 e. The zero-order chi connectivity index (χ0) is 13.5. The lowest BCUT2D eigenvalue weighted by Crippen LogP contribution is -2.46. The first-order chi connectivity index (χ1) is 7.62. The molecule has 0 radical (unpaired) electrons. The summed E-state index contributed by atoms with van der Waals surface area (Å²) >= 11 is 0. The Labute approximate surface area is 108 Å². The van der Waals surface area contributed by atoms with Crippen LogP contribution in [0.2, 0.25) is 0 Å². The number of unbranched alkanes of at least 4 members (excludes halogenated alkanes) is 1. The summed E-state index contributed by atoms with van der Waals surface area (Å²) in [5, 5.41) is 0. The van der Waals surface area contributed by atoms with Crippen LogP contribution in [0.15, 0.2) is 0 Å². The fourth-order valence-corrected chi connectivity index (χ4v) is 2.08. The lowest BCUT2D eigenvalue weighted by molar-refractivity contribution is 0.336. The molecule has 0 saturated heterocycles. The topological polar surface area (TPSA) is 78.1 Å². The van der Waals surface area contributed by atoms with Crippen LogP contribution in [0.1, 0.15) is 72.6 Å². The van der Waals surface area contributed by atoms with E-state index in [1.54, 1.807) is 0 Å². The molecule has 0 aliphatic heterocycles. The molecule has 1 atom stereocenters. The lowest BCUT2D eigenvalue weighted by Gasteiger charge is -2.27. The second-order valence-electron chi connectivity index (χ2n) is 6.65. The third-order valence-corrected chi connectivity index (χ3v) is 3.24. The van der Waals surface area contributed by atoms with E-state index in [4.69, 9.17) is 17.2 Å². The van der Waals surface area contributed by atoms with E-state index in [9.17, 15) is 0 Å². The van der Waals surface area contributed by atoms with Crippen molar-refractivity contribution in [2.24, 2.45) is 23.1 Å². The van der Waals surface area contributed by atoms with Crippen molar-refractivity contribution in [3.05, 3.63) is 0 Å². The second kappa shape index (κ2) is 7.34. The minimum Gasteiger partial charge on any atom is -0.325 e. The molecular formula is C14H33N3. The van der Waals surface area contributed by atoms with Crippen molar-refractivity contribution < 1.29 is 0 Å². The van der Waals surface area contributed by atoms with E-state index >= 15 is 0 Å². The molecule has 104 valence electrons. The quantitative estimate of drug-likeness (QED) is 0.430. The summed E-state index contributed by atoms with van der Waals surface area (Å²) in [6.45, 7) is 8.55. The number of hydrogen-bond acceptors (Lipinski definition) is 3. The zero-order valence-corrected chi connectivity index (χ0v) is 12.3. The molecule has 0 rings (SSSR count). The van der Waals surface area contributed by atoms with Crippen LogP contribution < -0.4 is 17.2 Å². The Morgan fingerprint density at radius 3 is 1.82 bits per heavy atom. The number of rotatable bonds is 9. The third-order valence-electron chi connectivity index (χ3n) is 3.24. The number of hydrogen-bond donors (Lipinski definition) is 3. The highest BCUT2D eigenvalue weighted by molar-refractivity contribution is 4.80. The molecule has 0 bridgehead atoms. The van der Waals surface area contributed by atoms with Crippen molar-refractivity contribution >= 4 is 0 Å². The molecule has 3 nitrogen and oxygen atoms in total. The smallest absolute Gasteiger partial charge is 0.0607 e. The number of nitrogens with two attached hydrogens (primary N) is 3. The van der Waals surface area contributed by atoms with Gasteiger partial charge in [0.1, 0.15) is 0 Å². The maximum atomic E-state index is 6.28. The molecular weight excluding hydrogens is 210 g/mol. The summed E-state index contributed by atoms with van der Waals surface area (Å²) in [4.78, 5) is 0. The molecule has 6 N–H and O–H groups in total. The van der Waals surface area contributed by atoms with Gasteiger partial charge in [0.2, 0.25) is 0 Å². The normalized spacial score (nSPS) is 16.2. The van der Waals surface area contributed by atoms with Gasteiger partial charge < -0.3 is 17.2 Å². The Balaban J connectivity index is 3.65. The van der Waals surface area contributed by atoms with Crippen molar-refractivity contribution in [1.82, 2.24) is 0 Å². The molecule has 0 saturated carbocycles. The van der Waals surface area contributed by atoms with Crippen LogP contribution >= 0.6 is 0 Å². The minimum atomic E-state index is -0.548. The minimum absolute atomic E-state index is 0.0533. The fraction of sp³-hybridized carbons (Fsp3) is 1.00. The maximum Gasteiger partial charge on any atom is 0.0607 e. The molecule has 3 heteroatoms. The predicted molar refractivity (Wildman–Crippen MR) is 76.5 cm³/mol. The molecule has 0 amide bonds. The van der Waals surface area contributed by atoms with Gasteiger partial charge >= 0.3 is 0 Å². The summed E-state index contributed by atoms with van der Waals surface area (Å²) in [5.74, 6) is 0.800. The molecule has 0 aromatic heterocycles. The van der Waals surface area contributed by atoms with Crippen LogP contribution in [0.3, 0.4) is 0 Å². The molecule has 0 aromatic carbocycles. The molecule has 0 aliphatic carbocycles. The van der Waals surface area contributed by atoms with Crippen LogP contribution in [-0.4, -0.2) is 11.2 Å². The van der Waals surface area contributed by atoms with Gasteiger partial charge in [-0.25, -0.2) is 0 Å². The molecule has 0 aliphatic rings. The van der Waals surface area contributed by atoms with E-state index in [0.29, 0.717) is 0 Å². The van der Waals surface area contributed by atoms with Crippen LogP contribution in [0.25, 0.3) is 0 Å². The standard InChI is InChI=1S/C14H33N3/c1-12(2)8-5-6-9-13(3,15)10-7-11-14(4,16)17/h12H,5-11,15-17H2,1-4H3. The fourth-order valence-electron chi connectivity index (χ4n) is 2.08. The molecule has 0 spiro atoms. The first-order valence-corrected chi connectivity index (χ1v) is 6.99.